The summed E-state index contributed by atoms with van der Waals surface area (Å²) in [6, 6.07) is 13.9. The lowest BCUT2D eigenvalue weighted by molar-refractivity contribution is 0.0785. The van der Waals surface area contributed by atoms with Crippen molar-refractivity contribution in [1.29, 1.82) is 0 Å². The standard InChI is InChI=1S/C24H30N4O2/c1-24(2,3)28-22(18-12-13-18)16-21(25-28)23(29)27(4)14-8-11-19-15-20(26-30-19)17-9-6-5-7-10-17/h5-7,9-10,15-16,18H,8,11-14H2,1-4H3. The normalized spacial score (nSPS) is 14.1. The number of nitrogens with zero attached hydrogens (tertiary/aromatic N) is 4. The van der Waals surface area contributed by atoms with Gasteiger partial charge in [-0.2, -0.15) is 5.10 Å². The van der Waals surface area contributed by atoms with E-state index < -0.39 is 0 Å². The first-order valence-corrected chi connectivity index (χ1v) is 10.7. The number of carbonyl (C=O) groups excluding carboxylic acids is 1. The highest BCUT2D eigenvalue weighted by molar-refractivity contribution is 5.92. The molecule has 0 unspecified atom stereocenters. The van der Waals surface area contributed by atoms with Gasteiger partial charge in [-0.1, -0.05) is 35.5 Å². The van der Waals surface area contributed by atoms with Crippen molar-refractivity contribution in [3.05, 3.63) is 59.6 Å². The second-order valence-electron chi connectivity index (χ2n) is 9.19. The van der Waals surface area contributed by atoms with Crippen molar-refractivity contribution in [2.45, 2.75) is 57.9 Å². The van der Waals surface area contributed by atoms with Crippen LogP contribution in [0.4, 0.5) is 0 Å². The number of carbonyl (C=O) groups is 1. The van der Waals surface area contributed by atoms with Crippen LogP contribution in [-0.4, -0.2) is 39.3 Å². The van der Waals surface area contributed by atoms with Gasteiger partial charge in [0.1, 0.15) is 11.5 Å². The number of aryl methyl sites for hydroxylation is 1. The van der Waals surface area contributed by atoms with Crippen LogP contribution in [0.3, 0.4) is 0 Å². The van der Waals surface area contributed by atoms with E-state index in [9.17, 15) is 4.79 Å². The highest BCUT2D eigenvalue weighted by Crippen LogP contribution is 2.41. The molecule has 1 saturated carbocycles. The largest absolute Gasteiger partial charge is 0.361 e. The Bertz CT molecular complexity index is 1010. The molecule has 4 rings (SSSR count). The van der Waals surface area contributed by atoms with Gasteiger partial charge < -0.3 is 9.42 Å². The van der Waals surface area contributed by atoms with E-state index in [1.807, 2.05) is 54.2 Å². The zero-order chi connectivity index (χ0) is 21.3. The lowest BCUT2D eigenvalue weighted by Gasteiger charge is -2.22. The van der Waals surface area contributed by atoms with E-state index in [1.54, 1.807) is 4.90 Å². The first kappa shape index (κ1) is 20.4. The number of rotatable bonds is 7. The molecular formula is C24H30N4O2. The summed E-state index contributed by atoms with van der Waals surface area (Å²) in [5, 5.41) is 8.82. The van der Waals surface area contributed by atoms with Gasteiger partial charge in [-0.05, 0) is 46.1 Å². The van der Waals surface area contributed by atoms with E-state index in [0.717, 1.165) is 29.9 Å². The van der Waals surface area contributed by atoms with E-state index in [1.165, 1.54) is 18.5 Å². The Morgan fingerprint density at radius 2 is 1.93 bits per heavy atom. The van der Waals surface area contributed by atoms with Crippen molar-refractivity contribution in [2.75, 3.05) is 13.6 Å². The molecule has 1 aliphatic rings. The molecule has 6 heteroatoms. The minimum atomic E-state index is -0.127. The van der Waals surface area contributed by atoms with Gasteiger partial charge in [0, 0.05) is 43.3 Å². The van der Waals surface area contributed by atoms with Crippen molar-refractivity contribution in [2.24, 2.45) is 0 Å². The molecule has 30 heavy (non-hydrogen) atoms. The predicted molar refractivity (Wildman–Crippen MR) is 116 cm³/mol. The van der Waals surface area contributed by atoms with E-state index in [4.69, 9.17) is 4.52 Å². The third kappa shape index (κ3) is 4.48. The number of benzene rings is 1. The van der Waals surface area contributed by atoms with Crippen LogP contribution in [-0.2, 0) is 12.0 Å². The molecule has 0 spiro atoms. The molecule has 0 N–H and O–H groups in total. The molecule has 0 aliphatic heterocycles. The summed E-state index contributed by atoms with van der Waals surface area (Å²) < 4.78 is 7.50. The fourth-order valence-corrected chi connectivity index (χ4v) is 3.67. The third-order valence-electron chi connectivity index (χ3n) is 5.48. The minimum Gasteiger partial charge on any atom is -0.361 e. The molecule has 3 aromatic rings. The highest BCUT2D eigenvalue weighted by atomic mass is 16.5. The zero-order valence-electron chi connectivity index (χ0n) is 18.3. The fourth-order valence-electron chi connectivity index (χ4n) is 3.67. The van der Waals surface area contributed by atoms with E-state index in [-0.39, 0.29) is 11.4 Å². The smallest absolute Gasteiger partial charge is 0.274 e. The number of hydrogen-bond donors (Lipinski definition) is 0. The molecule has 1 amide bonds. The van der Waals surface area contributed by atoms with Crippen LogP contribution < -0.4 is 0 Å². The van der Waals surface area contributed by atoms with Crippen LogP contribution in [0.15, 0.2) is 47.0 Å². The van der Waals surface area contributed by atoms with Crippen LogP contribution >= 0.6 is 0 Å². The van der Waals surface area contributed by atoms with Crippen molar-refractivity contribution >= 4 is 5.91 Å². The van der Waals surface area contributed by atoms with Crippen molar-refractivity contribution in [1.82, 2.24) is 19.8 Å². The molecule has 0 radical (unpaired) electrons. The molecule has 1 fully saturated rings. The Morgan fingerprint density at radius 1 is 1.20 bits per heavy atom. The van der Waals surface area contributed by atoms with Crippen LogP contribution in [0, 0.1) is 0 Å². The summed E-state index contributed by atoms with van der Waals surface area (Å²) in [6.45, 7) is 7.03. The van der Waals surface area contributed by atoms with E-state index >= 15 is 0 Å². The van der Waals surface area contributed by atoms with Crippen LogP contribution in [0.5, 0.6) is 0 Å². The first-order chi connectivity index (χ1) is 14.3. The SMILES string of the molecule is CN(CCCc1cc(-c2ccccc2)no1)C(=O)c1cc(C2CC2)n(C(C)(C)C)n1. The molecule has 1 aromatic carbocycles. The molecule has 2 heterocycles. The molecule has 2 aromatic heterocycles. The Labute approximate surface area is 177 Å². The van der Waals surface area contributed by atoms with Gasteiger partial charge >= 0.3 is 0 Å². The maximum absolute atomic E-state index is 12.9. The van der Waals surface area contributed by atoms with Gasteiger partial charge in [0.25, 0.3) is 5.91 Å². The molecule has 158 valence electrons. The number of hydrogen-bond acceptors (Lipinski definition) is 4. The molecule has 0 saturated heterocycles. The maximum atomic E-state index is 12.9. The predicted octanol–water partition coefficient (Wildman–Crippen LogP) is 4.88. The van der Waals surface area contributed by atoms with Gasteiger partial charge in [0.05, 0.1) is 5.54 Å². The van der Waals surface area contributed by atoms with Crippen molar-refractivity contribution in [3.63, 3.8) is 0 Å². The van der Waals surface area contributed by atoms with Gasteiger partial charge in [0.2, 0.25) is 0 Å². The van der Waals surface area contributed by atoms with E-state index in [2.05, 4.69) is 31.0 Å². The van der Waals surface area contributed by atoms with Gasteiger partial charge in [-0.15, -0.1) is 0 Å². The first-order valence-electron chi connectivity index (χ1n) is 10.7. The summed E-state index contributed by atoms with van der Waals surface area (Å²) in [4.78, 5) is 14.7. The number of amides is 1. The van der Waals surface area contributed by atoms with Gasteiger partial charge in [0.15, 0.2) is 5.69 Å². The minimum absolute atomic E-state index is 0.0255. The Balaban J connectivity index is 1.35. The average Bonchev–Trinajstić information content (AvgIpc) is 3.28. The summed E-state index contributed by atoms with van der Waals surface area (Å²) in [6.07, 6.45) is 3.92. The van der Waals surface area contributed by atoms with Crippen molar-refractivity contribution in [3.8, 4) is 11.3 Å². The fraction of sp³-hybridized carbons (Fsp3) is 0.458. The summed E-state index contributed by atoms with van der Waals surface area (Å²) in [5.41, 5.74) is 3.49. The molecule has 6 nitrogen and oxygen atoms in total. The summed E-state index contributed by atoms with van der Waals surface area (Å²) >= 11 is 0. The van der Waals surface area contributed by atoms with Crippen LogP contribution in [0.1, 0.15) is 67.9 Å². The Morgan fingerprint density at radius 3 is 2.60 bits per heavy atom. The molecule has 0 bridgehead atoms. The van der Waals surface area contributed by atoms with Crippen LogP contribution in [0.2, 0.25) is 0 Å². The second-order valence-corrected chi connectivity index (χ2v) is 9.19. The molecule has 0 atom stereocenters. The zero-order valence-corrected chi connectivity index (χ0v) is 18.3. The second kappa shape index (κ2) is 8.09. The highest BCUT2D eigenvalue weighted by Gasteiger charge is 2.33. The van der Waals surface area contributed by atoms with Crippen molar-refractivity contribution < 1.29 is 9.32 Å². The summed E-state index contributed by atoms with van der Waals surface area (Å²) in [7, 11) is 1.84. The van der Waals surface area contributed by atoms with Gasteiger partial charge in [-0.3, -0.25) is 9.48 Å². The number of aromatic nitrogens is 3. The molecule has 1 aliphatic carbocycles. The lowest BCUT2D eigenvalue weighted by Crippen LogP contribution is -2.29. The summed E-state index contributed by atoms with van der Waals surface area (Å²) in [5.74, 6) is 1.36. The average molecular weight is 407 g/mol. The lowest BCUT2D eigenvalue weighted by atomic mass is 10.1. The third-order valence-corrected chi connectivity index (χ3v) is 5.48. The topological polar surface area (TPSA) is 64.2 Å². The van der Waals surface area contributed by atoms with Gasteiger partial charge in [-0.25, -0.2) is 0 Å². The quantitative estimate of drug-likeness (QED) is 0.561. The van der Waals surface area contributed by atoms with Crippen LogP contribution in [0.25, 0.3) is 11.3 Å². The van der Waals surface area contributed by atoms with E-state index in [0.29, 0.717) is 18.2 Å². The Hall–Kier alpha value is -2.89. The monoisotopic (exact) mass is 406 g/mol. The maximum Gasteiger partial charge on any atom is 0.274 e. The Kier molecular flexibility index (Phi) is 5.50. The molecular weight excluding hydrogens is 376 g/mol.